The number of aryl methyl sites for hydroxylation is 1. The molecule has 1 nitrogen and oxygen atoms in total. The third kappa shape index (κ3) is 3.28. The molecule has 0 aliphatic heterocycles. The minimum atomic E-state index is -4.40. The van der Waals surface area contributed by atoms with Crippen LogP contribution in [0.15, 0.2) is 78.6 Å². The van der Waals surface area contributed by atoms with E-state index in [-0.39, 0.29) is 12.2 Å². The largest absolute Gasteiger partial charge is 0.492 e. The van der Waals surface area contributed by atoms with E-state index in [0.29, 0.717) is 0 Å². The van der Waals surface area contributed by atoms with Crippen LogP contribution < -0.4 is 0 Å². The maximum absolute atomic E-state index is 14.6. The van der Waals surface area contributed by atoms with Gasteiger partial charge in [0.25, 0.3) is 0 Å². The molecule has 0 unspecified atom stereocenters. The molecule has 0 amide bonds. The first-order valence-corrected chi connectivity index (χ1v) is 9.66. The Kier molecular flexibility index (Phi) is 4.92. The molecule has 0 atom stereocenters. The van der Waals surface area contributed by atoms with Crippen LogP contribution in [0.3, 0.4) is 0 Å². The minimum absolute atomic E-state index is 0.0478. The number of rotatable bonds is 4. The van der Waals surface area contributed by atoms with Gasteiger partial charge in [-0.15, -0.1) is 0 Å². The van der Waals surface area contributed by atoms with Crippen LogP contribution in [0.4, 0.5) is 17.6 Å². The summed E-state index contributed by atoms with van der Waals surface area (Å²) in [4.78, 5) is 0. The normalized spacial score (nSPS) is 17.4. The smallest absolute Gasteiger partial charge is 0.370 e. The summed E-state index contributed by atoms with van der Waals surface area (Å²) in [5.41, 5.74) is 2.23. The maximum atomic E-state index is 14.6. The number of fused-ring (bicyclic) bond motifs is 1. The number of allylic oxidation sites excluding steroid dienone is 4. The third-order valence-electron chi connectivity index (χ3n) is 5.27. The van der Waals surface area contributed by atoms with Crippen LogP contribution in [0, 0.1) is 6.92 Å². The van der Waals surface area contributed by atoms with Crippen molar-refractivity contribution in [3.05, 3.63) is 89.7 Å². The van der Waals surface area contributed by atoms with E-state index in [1.54, 1.807) is 12.1 Å². The lowest BCUT2D eigenvalue weighted by Gasteiger charge is -2.32. The first kappa shape index (κ1) is 20.2. The summed E-state index contributed by atoms with van der Waals surface area (Å²) in [6.07, 6.45) is 1.94. The molecule has 0 radical (unpaired) electrons. The van der Waals surface area contributed by atoms with E-state index in [1.807, 2.05) is 37.3 Å². The lowest BCUT2D eigenvalue weighted by atomic mass is 9.89. The molecule has 0 spiro atoms. The first-order chi connectivity index (χ1) is 14.2. The standard InChI is InChI=1S/C25H20F4O/c1-3-30-23-13-12-22(24(26,27)25(23,28)29)18-8-6-17(7-9-18)20-11-10-19-14-16(2)4-5-21(19)15-20/h4-15H,3H2,1-2H3. The highest BCUT2D eigenvalue weighted by atomic mass is 19.3. The Labute approximate surface area is 172 Å². The predicted octanol–water partition coefficient (Wildman–Crippen LogP) is 7.40. The van der Waals surface area contributed by atoms with Crippen LogP contribution in [0.1, 0.15) is 18.1 Å². The van der Waals surface area contributed by atoms with Crippen molar-refractivity contribution in [1.82, 2.24) is 0 Å². The number of ether oxygens (including phenoxy) is 1. The van der Waals surface area contributed by atoms with Gasteiger partial charge in [-0.1, -0.05) is 60.2 Å². The summed E-state index contributed by atoms with van der Waals surface area (Å²) in [5, 5.41) is 2.18. The van der Waals surface area contributed by atoms with Gasteiger partial charge in [0.1, 0.15) is 0 Å². The Hall–Kier alpha value is -3.08. The summed E-state index contributed by atoms with van der Waals surface area (Å²) in [7, 11) is 0. The molecule has 0 saturated carbocycles. The van der Waals surface area contributed by atoms with Crippen LogP contribution in [-0.4, -0.2) is 18.5 Å². The fourth-order valence-electron chi connectivity index (χ4n) is 3.65. The Morgan fingerprint density at radius 3 is 2.00 bits per heavy atom. The van der Waals surface area contributed by atoms with Gasteiger partial charge < -0.3 is 4.74 Å². The van der Waals surface area contributed by atoms with Gasteiger partial charge in [-0.25, -0.2) is 0 Å². The van der Waals surface area contributed by atoms with Crippen molar-refractivity contribution >= 4 is 16.3 Å². The number of hydrogen-bond donors (Lipinski definition) is 0. The van der Waals surface area contributed by atoms with Gasteiger partial charge in [0, 0.05) is 5.57 Å². The lowest BCUT2D eigenvalue weighted by Crippen LogP contribution is -2.45. The maximum Gasteiger partial charge on any atom is 0.370 e. The van der Waals surface area contributed by atoms with E-state index in [9.17, 15) is 17.6 Å². The van der Waals surface area contributed by atoms with Gasteiger partial charge in [0.15, 0.2) is 5.76 Å². The molecule has 1 aliphatic rings. The molecule has 3 aromatic rings. The van der Waals surface area contributed by atoms with Crippen LogP contribution in [0.5, 0.6) is 0 Å². The highest BCUT2D eigenvalue weighted by molar-refractivity contribution is 5.88. The van der Waals surface area contributed by atoms with E-state index in [4.69, 9.17) is 4.74 Å². The molecule has 4 rings (SSSR count). The molecule has 0 heterocycles. The molecule has 30 heavy (non-hydrogen) atoms. The van der Waals surface area contributed by atoms with Crippen LogP contribution in [0.25, 0.3) is 27.5 Å². The number of benzene rings is 3. The average Bonchev–Trinajstić information content (AvgIpc) is 2.72. The molecule has 0 saturated heterocycles. The van der Waals surface area contributed by atoms with Crippen molar-refractivity contribution in [2.75, 3.05) is 6.61 Å². The molecule has 0 bridgehead atoms. The Morgan fingerprint density at radius 1 is 0.700 bits per heavy atom. The highest BCUT2D eigenvalue weighted by Crippen LogP contribution is 2.51. The molecule has 154 valence electrons. The number of alkyl halides is 4. The first-order valence-electron chi connectivity index (χ1n) is 9.66. The molecule has 0 fully saturated rings. The summed E-state index contributed by atoms with van der Waals surface area (Å²) in [5.74, 6) is -9.78. The predicted molar refractivity (Wildman–Crippen MR) is 112 cm³/mol. The lowest BCUT2D eigenvalue weighted by molar-refractivity contribution is -0.171. The van der Waals surface area contributed by atoms with Gasteiger partial charge in [0.2, 0.25) is 0 Å². The fourth-order valence-corrected chi connectivity index (χ4v) is 3.65. The van der Waals surface area contributed by atoms with E-state index in [1.165, 1.54) is 24.6 Å². The van der Waals surface area contributed by atoms with Crippen molar-refractivity contribution < 1.29 is 22.3 Å². The molecular formula is C25H20F4O. The molecule has 3 aromatic carbocycles. The fraction of sp³-hybridized carbons (Fsp3) is 0.200. The van der Waals surface area contributed by atoms with Crippen LogP contribution >= 0.6 is 0 Å². The van der Waals surface area contributed by atoms with E-state index in [2.05, 4.69) is 6.07 Å². The molecule has 0 N–H and O–H groups in total. The second-order valence-corrected chi connectivity index (χ2v) is 7.34. The Bertz CT molecular complexity index is 1160. The number of hydrogen-bond acceptors (Lipinski definition) is 1. The van der Waals surface area contributed by atoms with Crippen LogP contribution in [0.2, 0.25) is 0 Å². The molecular weight excluding hydrogens is 392 g/mol. The monoisotopic (exact) mass is 412 g/mol. The van der Waals surface area contributed by atoms with Crippen LogP contribution in [-0.2, 0) is 4.74 Å². The van der Waals surface area contributed by atoms with E-state index in [0.717, 1.165) is 34.1 Å². The molecule has 0 aromatic heterocycles. The van der Waals surface area contributed by atoms with Crippen molar-refractivity contribution in [2.24, 2.45) is 0 Å². The quantitative estimate of drug-likeness (QED) is 0.406. The summed E-state index contributed by atoms with van der Waals surface area (Å²) in [6, 6.07) is 18.3. The van der Waals surface area contributed by atoms with Gasteiger partial charge >= 0.3 is 11.8 Å². The highest BCUT2D eigenvalue weighted by Gasteiger charge is 2.63. The summed E-state index contributed by atoms with van der Waals surface area (Å²) >= 11 is 0. The van der Waals surface area contributed by atoms with Crippen molar-refractivity contribution in [3.8, 4) is 11.1 Å². The zero-order chi connectivity index (χ0) is 21.5. The van der Waals surface area contributed by atoms with Gasteiger partial charge in [0.05, 0.1) is 6.61 Å². The Morgan fingerprint density at radius 2 is 1.30 bits per heavy atom. The minimum Gasteiger partial charge on any atom is -0.492 e. The average molecular weight is 412 g/mol. The zero-order valence-electron chi connectivity index (χ0n) is 16.6. The van der Waals surface area contributed by atoms with E-state index < -0.39 is 23.2 Å². The summed E-state index contributed by atoms with van der Waals surface area (Å²) in [6.45, 7) is 3.39. The second kappa shape index (κ2) is 7.31. The number of halogens is 4. The molecule has 1 aliphatic carbocycles. The summed E-state index contributed by atoms with van der Waals surface area (Å²) < 4.78 is 62.5. The topological polar surface area (TPSA) is 9.23 Å². The van der Waals surface area contributed by atoms with Crippen molar-refractivity contribution in [3.63, 3.8) is 0 Å². The van der Waals surface area contributed by atoms with Gasteiger partial charge in [-0.05, 0) is 59.5 Å². The zero-order valence-corrected chi connectivity index (χ0v) is 16.6. The third-order valence-corrected chi connectivity index (χ3v) is 5.27. The van der Waals surface area contributed by atoms with Crippen molar-refractivity contribution in [2.45, 2.75) is 25.7 Å². The van der Waals surface area contributed by atoms with E-state index >= 15 is 0 Å². The van der Waals surface area contributed by atoms with Gasteiger partial charge in [-0.3, -0.25) is 0 Å². The molecule has 5 heteroatoms. The SMILES string of the molecule is CCOC1=CC=C(c2ccc(-c3ccc4cc(C)ccc4c3)cc2)C(F)(F)C1(F)F. The van der Waals surface area contributed by atoms with Crippen molar-refractivity contribution in [1.29, 1.82) is 0 Å². The Balaban J connectivity index is 1.69. The second-order valence-electron chi connectivity index (χ2n) is 7.34. The van der Waals surface area contributed by atoms with Gasteiger partial charge in [-0.2, -0.15) is 17.6 Å².